The molecular weight excluding hydrogens is 191 g/mol. The highest BCUT2D eigenvalue weighted by Gasteiger charge is 2.04. The van der Waals surface area contributed by atoms with Crippen LogP contribution in [0.15, 0.2) is 24.3 Å². The van der Waals surface area contributed by atoms with E-state index in [0.717, 1.165) is 18.7 Å². The lowest BCUT2D eigenvalue weighted by molar-refractivity contribution is 0.544. The molecule has 1 atom stereocenters. The Bertz CT molecular complexity index is 301. The van der Waals surface area contributed by atoms with Crippen molar-refractivity contribution < 1.29 is 4.39 Å². The van der Waals surface area contributed by atoms with Crippen molar-refractivity contribution in [2.75, 3.05) is 25.0 Å². The maximum Gasteiger partial charge on any atom is 0.125 e. The number of halogens is 1. The van der Waals surface area contributed by atoms with Gasteiger partial charge in [0, 0.05) is 19.3 Å². The monoisotopic (exact) mass is 210 g/mol. The number of nitrogens with zero attached hydrogens (tertiary/aromatic N) is 1. The molecule has 0 spiro atoms. The summed E-state index contributed by atoms with van der Waals surface area (Å²) in [4.78, 5) is 2.05. The van der Waals surface area contributed by atoms with Crippen LogP contribution in [0.25, 0.3) is 0 Å². The summed E-state index contributed by atoms with van der Waals surface area (Å²) in [7, 11) is 1.97. The van der Waals surface area contributed by atoms with Crippen molar-refractivity contribution in [3.05, 3.63) is 30.1 Å². The van der Waals surface area contributed by atoms with Gasteiger partial charge in [-0.1, -0.05) is 13.0 Å². The molecule has 0 heterocycles. The Balaban J connectivity index is 2.50. The average Bonchev–Trinajstić information content (AvgIpc) is 2.25. The number of hydrogen-bond donors (Lipinski definition) is 1. The normalized spacial score (nSPS) is 12.5. The maximum atomic E-state index is 12.9. The first kappa shape index (κ1) is 12.0. The Morgan fingerprint density at radius 3 is 2.80 bits per heavy atom. The molecule has 0 amide bonds. The first-order valence-electron chi connectivity index (χ1n) is 5.30. The zero-order valence-corrected chi connectivity index (χ0v) is 9.41. The molecule has 15 heavy (non-hydrogen) atoms. The van der Waals surface area contributed by atoms with E-state index in [4.69, 9.17) is 5.73 Å². The standard InChI is InChI=1S/C12H19FN2/c1-10(9-14)6-7-15(2)12-5-3-4-11(13)8-12/h3-5,8,10H,6-7,9,14H2,1-2H3. The highest BCUT2D eigenvalue weighted by atomic mass is 19.1. The van der Waals surface area contributed by atoms with Crippen LogP contribution in [0.2, 0.25) is 0 Å². The molecule has 0 saturated heterocycles. The molecule has 2 N–H and O–H groups in total. The van der Waals surface area contributed by atoms with E-state index in [1.807, 2.05) is 13.1 Å². The Labute approximate surface area is 90.9 Å². The van der Waals surface area contributed by atoms with Crippen LogP contribution in [0.5, 0.6) is 0 Å². The van der Waals surface area contributed by atoms with Crippen LogP contribution < -0.4 is 10.6 Å². The summed E-state index contributed by atoms with van der Waals surface area (Å²) >= 11 is 0. The lowest BCUT2D eigenvalue weighted by Crippen LogP contribution is -2.22. The molecule has 0 saturated carbocycles. The third-order valence-electron chi connectivity index (χ3n) is 2.61. The van der Waals surface area contributed by atoms with E-state index in [0.29, 0.717) is 12.5 Å². The fourth-order valence-corrected chi connectivity index (χ4v) is 1.37. The van der Waals surface area contributed by atoms with Gasteiger partial charge in [-0.25, -0.2) is 4.39 Å². The van der Waals surface area contributed by atoms with E-state index in [9.17, 15) is 4.39 Å². The number of hydrogen-bond acceptors (Lipinski definition) is 2. The van der Waals surface area contributed by atoms with Gasteiger partial charge in [-0.05, 0) is 37.1 Å². The van der Waals surface area contributed by atoms with Gasteiger partial charge in [-0.15, -0.1) is 0 Å². The number of nitrogens with two attached hydrogens (primary N) is 1. The van der Waals surface area contributed by atoms with Gasteiger partial charge in [-0.2, -0.15) is 0 Å². The molecular formula is C12H19FN2. The van der Waals surface area contributed by atoms with Crippen molar-refractivity contribution in [2.45, 2.75) is 13.3 Å². The van der Waals surface area contributed by atoms with E-state index in [-0.39, 0.29) is 5.82 Å². The largest absolute Gasteiger partial charge is 0.375 e. The van der Waals surface area contributed by atoms with Crippen LogP contribution in [0.1, 0.15) is 13.3 Å². The third-order valence-corrected chi connectivity index (χ3v) is 2.61. The van der Waals surface area contributed by atoms with Gasteiger partial charge in [0.25, 0.3) is 0 Å². The second-order valence-corrected chi connectivity index (χ2v) is 4.03. The quantitative estimate of drug-likeness (QED) is 0.807. The molecule has 0 radical (unpaired) electrons. The minimum atomic E-state index is -0.189. The van der Waals surface area contributed by atoms with Crippen molar-refractivity contribution in [3.8, 4) is 0 Å². The average molecular weight is 210 g/mol. The second-order valence-electron chi connectivity index (χ2n) is 4.03. The SMILES string of the molecule is CC(CN)CCN(C)c1cccc(F)c1. The minimum absolute atomic E-state index is 0.189. The number of rotatable bonds is 5. The summed E-state index contributed by atoms with van der Waals surface area (Å²) in [5.41, 5.74) is 6.46. The molecule has 0 aliphatic heterocycles. The van der Waals surface area contributed by atoms with Gasteiger partial charge in [0.2, 0.25) is 0 Å². The van der Waals surface area contributed by atoms with E-state index < -0.39 is 0 Å². The van der Waals surface area contributed by atoms with Crippen molar-refractivity contribution in [1.29, 1.82) is 0 Å². The minimum Gasteiger partial charge on any atom is -0.375 e. The fourth-order valence-electron chi connectivity index (χ4n) is 1.37. The first-order valence-corrected chi connectivity index (χ1v) is 5.30. The molecule has 0 aromatic heterocycles. The van der Waals surface area contributed by atoms with E-state index in [1.54, 1.807) is 12.1 Å². The highest BCUT2D eigenvalue weighted by molar-refractivity contribution is 5.45. The molecule has 0 fully saturated rings. The smallest absolute Gasteiger partial charge is 0.125 e. The first-order chi connectivity index (χ1) is 7.13. The zero-order valence-electron chi connectivity index (χ0n) is 9.41. The van der Waals surface area contributed by atoms with Gasteiger partial charge in [0.05, 0.1) is 0 Å². The van der Waals surface area contributed by atoms with Gasteiger partial charge in [0.15, 0.2) is 0 Å². The van der Waals surface area contributed by atoms with Gasteiger partial charge in [0.1, 0.15) is 5.82 Å². The van der Waals surface area contributed by atoms with Gasteiger partial charge in [-0.3, -0.25) is 0 Å². The summed E-state index contributed by atoms with van der Waals surface area (Å²) in [6.07, 6.45) is 1.03. The van der Waals surface area contributed by atoms with Crippen molar-refractivity contribution >= 4 is 5.69 Å². The summed E-state index contributed by atoms with van der Waals surface area (Å²) in [6.45, 7) is 3.73. The molecule has 2 nitrogen and oxygen atoms in total. The topological polar surface area (TPSA) is 29.3 Å². The van der Waals surface area contributed by atoms with Crippen LogP contribution in [-0.4, -0.2) is 20.1 Å². The lowest BCUT2D eigenvalue weighted by atomic mass is 10.1. The highest BCUT2D eigenvalue weighted by Crippen LogP contribution is 2.14. The van der Waals surface area contributed by atoms with E-state index in [2.05, 4.69) is 11.8 Å². The summed E-state index contributed by atoms with van der Waals surface area (Å²) in [5.74, 6) is 0.326. The maximum absolute atomic E-state index is 12.9. The molecule has 0 aliphatic rings. The molecule has 1 aromatic carbocycles. The van der Waals surface area contributed by atoms with Crippen LogP contribution in [0.4, 0.5) is 10.1 Å². The van der Waals surface area contributed by atoms with Crippen LogP contribution in [0, 0.1) is 11.7 Å². The zero-order chi connectivity index (χ0) is 11.3. The summed E-state index contributed by atoms with van der Waals surface area (Å²) in [6, 6.07) is 6.65. The van der Waals surface area contributed by atoms with Crippen molar-refractivity contribution in [2.24, 2.45) is 11.7 Å². The summed E-state index contributed by atoms with van der Waals surface area (Å²) in [5, 5.41) is 0. The van der Waals surface area contributed by atoms with Crippen LogP contribution >= 0.6 is 0 Å². The Hall–Kier alpha value is -1.09. The molecule has 1 aromatic rings. The number of anilines is 1. The van der Waals surface area contributed by atoms with Crippen molar-refractivity contribution in [1.82, 2.24) is 0 Å². The Kier molecular flexibility index (Phi) is 4.56. The van der Waals surface area contributed by atoms with Crippen LogP contribution in [-0.2, 0) is 0 Å². The van der Waals surface area contributed by atoms with E-state index in [1.165, 1.54) is 6.07 Å². The molecule has 84 valence electrons. The number of benzene rings is 1. The summed E-state index contributed by atoms with van der Waals surface area (Å²) < 4.78 is 12.9. The predicted molar refractivity (Wildman–Crippen MR) is 62.5 cm³/mol. The van der Waals surface area contributed by atoms with Gasteiger partial charge < -0.3 is 10.6 Å². The third kappa shape index (κ3) is 3.88. The Morgan fingerprint density at radius 1 is 1.47 bits per heavy atom. The molecule has 3 heteroatoms. The second kappa shape index (κ2) is 5.71. The Morgan fingerprint density at radius 2 is 2.20 bits per heavy atom. The lowest BCUT2D eigenvalue weighted by Gasteiger charge is -2.21. The molecule has 0 aliphatic carbocycles. The van der Waals surface area contributed by atoms with Crippen molar-refractivity contribution in [3.63, 3.8) is 0 Å². The molecule has 1 rings (SSSR count). The predicted octanol–water partition coefficient (Wildman–Crippen LogP) is 2.25. The fraction of sp³-hybridized carbons (Fsp3) is 0.500. The molecule has 0 bridgehead atoms. The van der Waals surface area contributed by atoms with Gasteiger partial charge >= 0.3 is 0 Å². The van der Waals surface area contributed by atoms with Crippen LogP contribution in [0.3, 0.4) is 0 Å². The molecule has 1 unspecified atom stereocenters. The van der Waals surface area contributed by atoms with E-state index >= 15 is 0 Å².